The minimum absolute atomic E-state index is 0.0954. The van der Waals surface area contributed by atoms with E-state index in [0.29, 0.717) is 6.61 Å². The number of oxime groups is 1. The molecule has 0 heterocycles. The van der Waals surface area contributed by atoms with Crippen LogP contribution >= 0.6 is 0 Å². The van der Waals surface area contributed by atoms with E-state index in [1.807, 2.05) is 33.8 Å². The Labute approximate surface area is 96.0 Å². The first-order valence-electron chi connectivity index (χ1n) is 5.47. The summed E-state index contributed by atoms with van der Waals surface area (Å²) < 4.78 is 0. The molecular formula is C12H19NO3. The predicted octanol–water partition coefficient (Wildman–Crippen LogP) is 2.31. The zero-order chi connectivity index (χ0) is 12.3. The van der Waals surface area contributed by atoms with Crippen LogP contribution in [0.2, 0.25) is 0 Å². The summed E-state index contributed by atoms with van der Waals surface area (Å²) in [5, 5.41) is 12.7. The average molecular weight is 225 g/mol. The van der Waals surface area contributed by atoms with Gasteiger partial charge in [0.15, 0.2) is 0 Å². The van der Waals surface area contributed by atoms with Gasteiger partial charge in [-0.15, -0.1) is 0 Å². The maximum absolute atomic E-state index is 10.9. The van der Waals surface area contributed by atoms with Gasteiger partial charge in [0.1, 0.15) is 6.61 Å². The van der Waals surface area contributed by atoms with Crippen molar-refractivity contribution in [1.29, 1.82) is 0 Å². The quantitative estimate of drug-likeness (QED) is 0.577. The van der Waals surface area contributed by atoms with Gasteiger partial charge < -0.3 is 9.94 Å². The third-order valence-electron chi connectivity index (χ3n) is 3.08. The normalized spacial score (nSPS) is 28.1. The smallest absolute Gasteiger partial charge is 0.307 e. The van der Waals surface area contributed by atoms with Crippen LogP contribution in [-0.2, 0) is 9.63 Å². The molecule has 0 aliphatic heterocycles. The molecule has 0 aromatic carbocycles. The highest BCUT2D eigenvalue weighted by Crippen LogP contribution is 2.59. The van der Waals surface area contributed by atoms with E-state index in [1.54, 1.807) is 6.21 Å². The second-order valence-corrected chi connectivity index (χ2v) is 4.73. The summed E-state index contributed by atoms with van der Waals surface area (Å²) in [5.41, 5.74) is 0.794. The summed E-state index contributed by atoms with van der Waals surface area (Å²) in [4.78, 5) is 15.8. The number of allylic oxidation sites excluding steroid dienone is 2. The van der Waals surface area contributed by atoms with Gasteiger partial charge in [0.2, 0.25) is 0 Å². The molecule has 0 aromatic heterocycles. The van der Waals surface area contributed by atoms with Crippen LogP contribution in [0.4, 0.5) is 0 Å². The van der Waals surface area contributed by atoms with Crippen LogP contribution in [0, 0.1) is 17.3 Å². The van der Waals surface area contributed by atoms with Crippen LogP contribution in [0.25, 0.3) is 0 Å². The van der Waals surface area contributed by atoms with E-state index >= 15 is 0 Å². The SMILES string of the molecule is CCON=CC(C)=CC1C(C(=O)O)C1(C)C. The van der Waals surface area contributed by atoms with Gasteiger partial charge in [0, 0.05) is 0 Å². The lowest BCUT2D eigenvalue weighted by molar-refractivity contribution is -0.139. The lowest BCUT2D eigenvalue weighted by Gasteiger charge is -1.97. The molecule has 0 saturated heterocycles. The van der Waals surface area contributed by atoms with Crippen LogP contribution in [0.3, 0.4) is 0 Å². The maximum atomic E-state index is 10.9. The first-order chi connectivity index (χ1) is 7.41. The second-order valence-electron chi connectivity index (χ2n) is 4.73. The number of aliphatic carboxylic acids is 1. The Morgan fingerprint density at radius 1 is 1.56 bits per heavy atom. The lowest BCUT2D eigenvalue weighted by Crippen LogP contribution is -2.03. The van der Waals surface area contributed by atoms with E-state index in [1.165, 1.54) is 0 Å². The van der Waals surface area contributed by atoms with Crippen molar-refractivity contribution in [2.75, 3.05) is 6.61 Å². The monoisotopic (exact) mass is 225 g/mol. The molecule has 1 saturated carbocycles. The third kappa shape index (κ3) is 2.62. The van der Waals surface area contributed by atoms with Crippen LogP contribution in [-0.4, -0.2) is 23.9 Å². The highest BCUT2D eigenvalue weighted by atomic mass is 16.6. The van der Waals surface area contributed by atoms with E-state index in [9.17, 15) is 4.79 Å². The van der Waals surface area contributed by atoms with Gasteiger partial charge in [-0.1, -0.05) is 25.1 Å². The van der Waals surface area contributed by atoms with Crippen LogP contribution in [0.15, 0.2) is 16.8 Å². The Hall–Kier alpha value is -1.32. The maximum Gasteiger partial charge on any atom is 0.307 e. The summed E-state index contributed by atoms with van der Waals surface area (Å²) in [7, 11) is 0. The second kappa shape index (κ2) is 4.68. The van der Waals surface area contributed by atoms with E-state index in [4.69, 9.17) is 9.94 Å². The molecule has 0 aromatic rings. The van der Waals surface area contributed by atoms with Gasteiger partial charge >= 0.3 is 5.97 Å². The van der Waals surface area contributed by atoms with Crippen LogP contribution in [0.1, 0.15) is 27.7 Å². The molecule has 1 rings (SSSR count). The Morgan fingerprint density at radius 3 is 2.62 bits per heavy atom. The Bertz CT molecular complexity index is 331. The Balaban J connectivity index is 2.61. The van der Waals surface area contributed by atoms with Gasteiger partial charge in [0.05, 0.1) is 12.1 Å². The molecule has 2 unspecified atom stereocenters. The summed E-state index contributed by atoms with van der Waals surface area (Å²) in [6.07, 6.45) is 3.58. The molecule has 1 aliphatic rings. The minimum atomic E-state index is -0.721. The first kappa shape index (κ1) is 12.7. The predicted molar refractivity (Wildman–Crippen MR) is 62.3 cm³/mol. The van der Waals surface area contributed by atoms with Crippen molar-refractivity contribution in [2.45, 2.75) is 27.7 Å². The fraction of sp³-hybridized carbons (Fsp3) is 0.667. The molecule has 16 heavy (non-hydrogen) atoms. The van der Waals surface area contributed by atoms with Crippen molar-refractivity contribution in [3.63, 3.8) is 0 Å². The van der Waals surface area contributed by atoms with Crippen molar-refractivity contribution in [1.82, 2.24) is 0 Å². The molecule has 4 nitrogen and oxygen atoms in total. The molecule has 4 heteroatoms. The number of hydrogen-bond donors (Lipinski definition) is 1. The largest absolute Gasteiger partial charge is 0.481 e. The number of carboxylic acids is 1. The fourth-order valence-electron chi connectivity index (χ4n) is 1.98. The molecule has 1 N–H and O–H groups in total. The summed E-state index contributed by atoms with van der Waals surface area (Å²) in [6, 6.07) is 0. The third-order valence-corrected chi connectivity index (χ3v) is 3.08. The fourth-order valence-corrected chi connectivity index (χ4v) is 1.98. The van der Waals surface area contributed by atoms with E-state index in [-0.39, 0.29) is 17.3 Å². The van der Waals surface area contributed by atoms with Gasteiger partial charge in [0.25, 0.3) is 0 Å². The number of nitrogens with zero attached hydrogens (tertiary/aromatic N) is 1. The topological polar surface area (TPSA) is 58.9 Å². The average Bonchev–Trinajstić information content (AvgIpc) is 2.68. The van der Waals surface area contributed by atoms with Crippen molar-refractivity contribution >= 4 is 12.2 Å². The molecule has 2 atom stereocenters. The molecule has 0 bridgehead atoms. The highest BCUT2D eigenvalue weighted by Gasteiger charge is 2.60. The number of hydrogen-bond acceptors (Lipinski definition) is 3. The molecule has 1 aliphatic carbocycles. The van der Waals surface area contributed by atoms with Gasteiger partial charge in [-0.25, -0.2) is 0 Å². The lowest BCUT2D eigenvalue weighted by atomic mass is 10.1. The molecule has 0 spiro atoms. The minimum Gasteiger partial charge on any atom is -0.481 e. The van der Waals surface area contributed by atoms with Crippen LogP contribution in [0.5, 0.6) is 0 Å². The van der Waals surface area contributed by atoms with E-state index in [0.717, 1.165) is 5.57 Å². The zero-order valence-electron chi connectivity index (χ0n) is 10.2. The number of carbonyl (C=O) groups is 1. The van der Waals surface area contributed by atoms with Gasteiger partial charge in [-0.05, 0) is 30.8 Å². The standard InChI is InChI=1S/C12H19NO3/c1-5-16-13-7-8(2)6-9-10(11(14)15)12(9,3)4/h6-7,9-10H,5H2,1-4H3,(H,14,15). The summed E-state index contributed by atoms with van der Waals surface area (Å²) in [6.45, 7) is 8.24. The first-order valence-corrected chi connectivity index (χ1v) is 5.47. The van der Waals surface area contributed by atoms with Crippen molar-refractivity contribution in [3.05, 3.63) is 11.6 Å². The van der Waals surface area contributed by atoms with Crippen molar-refractivity contribution < 1.29 is 14.7 Å². The number of rotatable bonds is 5. The van der Waals surface area contributed by atoms with Gasteiger partial charge in [-0.2, -0.15) is 0 Å². The number of carboxylic acid groups (broad SMARTS) is 1. The molecule has 0 amide bonds. The van der Waals surface area contributed by atoms with Crippen LogP contribution < -0.4 is 0 Å². The highest BCUT2D eigenvalue weighted by molar-refractivity contribution is 5.80. The van der Waals surface area contributed by atoms with E-state index in [2.05, 4.69) is 5.16 Å². The summed E-state index contributed by atoms with van der Waals surface area (Å²) >= 11 is 0. The van der Waals surface area contributed by atoms with Crippen molar-refractivity contribution in [2.24, 2.45) is 22.4 Å². The van der Waals surface area contributed by atoms with Gasteiger partial charge in [-0.3, -0.25) is 4.79 Å². The molecule has 90 valence electrons. The molecular weight excluding hydrogens is 206 g/mol. The van der Waals surface area contributed by atoms with E-state index < -0.39 is 5.97 Å². The zero-order valence-corrected chi connectivity index (χ0v) is 10.2. The Morgan fingerprint density at radius 2 is 2.19 bits per heavy atom. The molecule has 0 radical (unpaired) electrons. The molecule has 1 fully saturated rings. The summed E-state index contributed by atoms with van der Waals surface area (Å²) in [5.74, 6) is -0.901. The van der Waals surface area contributed by atoms with Crippen molar-refractivity contribution in [3.8, 4) is 0 Å². The Kier molecular flexibility index (Phi) is 3.73.